The Labute approximate surface area is 191 Å². The van der Waals surface area contributed by atoms with E-state index in [1.165, 1.54) is 0 Å². The fourth-order valence-corrected chi connectivity index (χ4v) is 5.06. The molecule has 2 aromatic heterocycles. The molecule has 1 aliphatic heterocycles. The summed E-state index contributed by atoms with van der Waals surface area (Å²) in [6.07, 6.45) is 2.67. The van der Waals surface area contributed by atoms with Crippen LogP contribution in [0.25, 0.3) is 10.2 Å². The van der Waals surface area contributed by atoms with E-state index in [0.717, 1.165) is 23.2 Å². The number of para-hydroxylation sites is 2. The summed E-state index contributed by atoms with van der Waals surface area (Å²) in [4.78, 5) is 31.0. The molecule has 0 radical (unpaired) electrons. The normalized spacial score (nSPS) is 16.2. The second kappa shape index (κ2) is 9.48. The Kier molecular flexibility index (Phi) is 6.50. The van der Waals surface area contributed by atoms with Crippen LogP contribution in [0, 0.1) is 0 Å². The van der Waals surface area contributed by atoms with E-state index in [1.54, 1.807) is 23.3 Å². The maximum Gasteiger partial charge on any atom is 0.322 e. The third-order valence-electron chi connectivity index (χ3n) is 5.80. The maximum absolute atomic E-state index is 13.4. The zero-order valence-corrected chi connectivity index (χ0v) is 19.2. The minimum Gasteiger partial charge on any atom is -0.495 e. The Bertz CT molecular complexity index is 1140. The van der Waals surface area contributed by atoms with Crippen LogP contribution in [-0.2, 0) is 6.54 Å². The molecule has 1 aliphatic rings. The predicted octanol–water partition coefficient (Wildman–Crippen LogP) is 4.67. The average Bonchev–Trinajstić information content (AvgIpc) is 3.39. The third-order valence-corrected chi connectivity index (χ3v) is 6.75. The number of ether oxygens (including phenoxy) is 1. The number of allylic oxidation sites excluding steroid dienone is 1. The molecule has 3 heterocycles. The number of carbonyl (C=O) groups excluding carboxylic acids is 2. The molecule has 32 heavy (non-hydrogen) atoms. The van der Waals surface area contributed by atoms with E-state index in [1.807, 2.05) is 59.7 Å². The van der Waals surface area contributed by atoms with Crippen molar-refractivity contribution >= 4 is 39.2 Å². The van der Waals surface area contributed by atoms with Gasteiger partial charge in [0.05, 0.1) is 12.8 Å². The van der Waals surface area contributed by atoms with Crippen LogP contribution in [0.3, 0.4) is 0 Å². The Balaban J connectivity index is 1.46. The summed E-state index contributed by atoms with van der Waals surface area (Å²) in [5.41, 5.74) is 1.33. The quantitative estimate of drug-likeness (QED) is 0.553. The number of thiophene rings is 1. The number of carbonyl (C=O) groups is 2. The Hall–Kier alpha value is -3.26. The fourth-order valence-electron chi connectivity index (χ4n) is 4.14. The van der Waals surface area contributed by atoms with Crippen LogP contribution >= 0.6 is 11.3 Å². The molecular formula is C24H28N4O3S. The summed E-state index contributed by atoms with van der Waals surface area (Å²) < 4.78 is 7.41. The van der Waals surface area contributed by atoms with Crippen LogP contribution in [0.1, 0.15) is 23.8 Å². The number of benzene rings is 1. The molecule has 1 N–H and O–H groups in total. The van der Waals surface area contributed by atoms with Crippen molar-refractivity contribution in [3.63, 3.8) is 0 Å². The van der Waals surface area contributed by atoms with Gasteiger partial charge in [-0.25, -0.2) is 4.79 Å². The number of rotatable bonds is 6. The molecule has 1 unspecified atom stereocenters. The monoisotopic (exact) mass is 452 g/mol. The summed E-state index contributed by atoms with van der Waals surface area (Å²) in [6, 6.07) is 11.0. The van der Waals surface area contributed by atoms with Crippen molar-refractivity contribution in [2.24, 2.45) is 0 Å². The molecule has 0 bridgehead atoms. The van der Waals surface area contributed by atoms with Crippen molar-refractivity contribution in [3.8, 4) is 5.75 Å². The number of piperazine rings is 1. The first-order valence-corrected chi connectivity index (χ1v) is 11.6. The van der Waals surface area contributed by atoms with E-state index in [9.17, 15) is 9.59 Å². The fraction of sp³-hybridized carbons (Fsp3) is 0.333. The number of methoxy groups -OCH3 is 1. The standard InChI is InChI=1S/C24H28N4O3S/c1-4-5-11-28-20(15-18-10-14-32-23(18)28)22(29)26-12-13-27(17(2)16-26)24(30)25-19-8-6-7-9-21(19)31-3/h4,6-10,14-15,17H,1,5,11-13,16H2,2-3H3,(H,25,30). The summed E-state index contributed by atoms with van der Waals surface area (Å²) in [5, 5.41) is 6.06. The first kappa shape index (κ1) is 22.0. The Morgan fingerprint density at radius 2 is 2.09 bits per heavy atom. The van der Waals surface area contributed by atoms with E-state index in [2.05, 4.69) is 16.5 Å². The van der Waals surface area contributed by atoms with Gasteiger partial charge in [-0.15, -0.1) is 17.9 Å². The van der Waals surface area contributed by atoms with Crippen molar-refractivity contribution in [2.75, 3.05) is 32.1 Å². The number of nitrogens with one attached hydrogen (secondary N) is 1. The SMILES string of the molecule is C=CCCn1c(C(=O)N2CCN(C(=O)Nc3ccccc3OC)C(C)C2)cc2ccsc21. The molecule has 3 aromatic rings. The molecule has 168 valence electrons. The molecule has 0 saturated carbocycles. The number of aryl methyl sites for hydroxylation is 1. The van der Waals surface area contributed by atoms with Crippen LogP contribution < -0.4 is 10.1 Å². The molecule has 0 spiro atoms. The van der Waals surface area contributed by atoms with Crippen molar-refractivity contribution < 1.29 is 14.3 Å². The summed E-state index contributed by atoms with van der Waals surface area (Å²) in [6.45, 7) is 7.95. The van der Waals surface area contributed by atoms with Gasteiger partial charge in [0, 0.05) is 37.6 Å². The molecular weight excluding hydrogens is 424 g/mol. The number of hydrogen-bond donors (Lipinski definition) is 1. The largest absolute Gasteiger partial charge is 0.495 e. The minimum absolute atomic E-state index is 0.00843. The Morgan fingerprint density at radius 3 is 2.84 bits per heavy atom. The number of fused-ring (bicyclic) bond motifs is 1. The van der Waals surface area contributed by atoms with Gasteiger partial charge in [0.2, 0.25) is 0 Å². The van der Waals surface area contributed by atoms with Gasteiger partial charge in [-0.1, -0.05) is 18.2 Å². The number of nitrogens with zero attached hydrogens (tertiary/aromatic N) is 3. The second-order valence-corrected chi connectivity index (χ2v) is 8.76. The maximum atomic E-state index is 13.4. The van der Waals surface area contributed by atoms with Crippen LogP contribution in [0.15, 0.2) is 54.4 Å². The number of amides is 3. The summed E-state index contributed by atoms with van der Waals surface area (Å²) in [7, 11) is 1.58. The highest BCUT2D eigenvalue weighted by atomic mass is 32.1. The van der Waals surface area contributed by atoms with Crippen molar-refractivity contribution in [1.82, 2.24) is 14.4 Å². The molecule has 8 heteroatoms. The second-order valence-electron chi connectivity index (χ2n) is 7.86. The van der Waals surface area contributed by atoms with Crippen LogP contribution in [0.5, 0.6) is 5.75 Å². The van der Waals surface area contributed by atoms with Crippen LogP contribution in [-0.4, -0.2) is 59.1 Å². The lowest BCUT2D eigenvalue weighted by Gasteiger charge is -2.39. The smallest absolute Gasteiger partial charge is 0.322 e. The first-order chi connectivity index (χ1) is 15.5. The number of anilines is 1. The van der Waals surface area contributed by atoms with E-state index in [4.69, 9.17) is 4.74 Å². The molecule has 3 amide bonds. The number of aromatic nitrogens is 1. The lowest BCUT2D eigenvalue weighted by Crippen LogP contribution is -2.56. The van der Waals surface area contributed by atoms with E-state index >= 15 is 0 Å². The van der Waals surface area contributed by atoms with Crippen molar-refractivity contribution in [3.05, 3.63) is 60.1 Å². The van der Waals surface area contributed by atoms with Gasteiger partial charge in [0.15, 0.2) is 0 Å². The van der Waals surface area contributed by atoms with Gasteiger partial charge >= 0.3 is 6.03 Å². The average molecular weight is 453 g/mol. The van der Waals surface area contributed by atoms with Gasteiger partial charge < -0.3 is 24.4 Å². The molecule has 1 atom stereocenters. The predicted molar refractivity (Wildman–Crippen MR) is 129 cm³/mol. The molecule has 0 aliphatic carbocycles. The van der Waals surface area contributed by atoms with Gasteiger partial charge in [0.25, 0.3) is 5.91 Å². The van der Waals surface area contributed by atoms with Gasteiger partial charge in [0.1, 0.15) is 16.3 Å². The molecule has 1 fully saturated rings. The number of urea groups is 1. The zero-order chi connectivity index (χ0) is 22.7. The van der Waals surface area contributed by atoms with Crippen LogP contribution in [0.2, 0.25) is 0 Å². The molecule has 7 nitrogen and oxygen atoms in total. The first-order valence-electron chi connectivity index (χ1n) is 10.7. The molecule has 1 aromatic carbocycles. The van der Waals surface area contributed by atoms with E-state index in [-0.39, 0.29) is 18.0 Å². The highest BCUT2D eigenvalue weighted by molar-refractivity contribution is 7.16. The lowest BCUT2D eigenvalue weighted by atomic mass is 10.2. The van der Waals surface area contributed by atoms with Gasteiger partial charge in [-0.2, -0.15) is 0 Å². The van der Waals surface area contributed by atoms with Crippen molar-refractivity contribution in [1.29, 1.82) is 0 Å². The topological polar surface area (TPSA) is 66.8 Å². The van der Waals surface area contributed by atoms with Gasteiger partial charge in [-0.3, -0.25) is 4.79 Å². The van der Waals surface area contributed by atoms with Crippen LogP contribution in [0.4, 0.5) is 10.5 Å². The summed E-state index contributed by atoms with van der Waals surface area (Å²) in [5.74, 6) is 0.622. The lowest BCUT2D eigenvalue weighted by molar-refractivity contribution is 0.0582. The number of hydrogen-bond acceptors (Lipinski definition) is 4. The Morgan fingerprint density at radius 1 is 1.28 bits per heavy atom. The minimum atomic E-state index is -0.191. The highest BCUT2D eigenvalue weighted by Crippen LogP contribution is 2.28. The molecule has 1 saturated heterocycles. The molecule has 4 rings (SSSR count). The van der Waals surface area contributed by atoms with E-state index in [0.29, 0.717) is 36.8 Å². The highest BCUT2D eigenvalue weighted by Gasteiger charge is 2.32. The zero-order valence-electron chi connectivity index (χ0n) is 18.4. The summed E-state index contributed by atoms with van der Waals surface area (Å²) >= 11 is 1.64. The van der Waals surface area contributed by atoms with Crippen molar-refractivity contribution in [2.45, 2.75) is 25.9 Å². The van der Waals surface area contributed by atoms with Gasteiger partial charge in [-0.05, 0) is 43.0 Å². The third kappa shape index (κ3) is 4.23. The van der Waals surface area contributed by atoms with E-state index < -0.39 is 0 Å².